The van der Waals surface area contributed by atoms with Crippen LogP contribution in [-0.2, 0) is 6.54 Å². The van der Waals surface area contributed by atoms with Gasteiger partial charge in [-0.1, -0.05) is 13.3 Å². The van der Waals surface area contributed by atoms with Gasteiger partial charge in [-0.15, -0.1) is 0 Å². The summed E-state index contributed by atoms with van der Waals surface area (Å²) in [4.78, 5) is 7.02. The number of nitrogens with one attached hydrogen (secondary N) is 1. The van der Waals surface area contributed by atoms with Crippen molar-refractivity contribution in [2.75, 3.05) is 18.0 Å². The van der Waals surface area contributed by atoms with Crippen LogP contribution in [0.5, 0.6) is 0 Å². The summed E-state index contributed by atoms with van der Waals surface area (Å²) in [6, 6.07) is 4.40. The molecule has 2 rings (SSSR count). The topological polar surface area (TPSA) is 28.2 Å². The van der Waals surface area contributed by atoms with Crippen LogP contribution < -0.4 is 10.2 Å². The molecule has 20 heavy (non-hydrogen) atoms. The molecule has 0 saturated carbocycles. The minimum Gasteiger partial charge on any atom is -0.371 e. The molecule has 3 heteroatoms. The highest BCUT2D eigenvalue weighted by Gasteiger charge is 2.19. The van der Waals surface area contributed by atoms with Gasteiger partial charge in [0.05, 0.1) is 5.69 Å². The normalized spacial score (nSPS) is 20.2. The average molecular weight is 275 g/mol. The lowest BCUT2D eigenvalue weighted by atomic mass is 9.95. The molecule has 0 bridgehead atoms. The third-order valence-corrected chi connectivity index (χ3v) is 4.06. The molecule has 1 fully saturated rings. The number of aromatic nitrogens is 1. The number of pyridine rings is 1. The molecule has 1 aliphatic heterocycles. The summed E-state index contributed by atoms with van der Waals surface area (Å²) in [6.45, 7) is 12.1. The molecule has 1 atom stereocenters. The third-order valence-electron chi connectivity index (χ3n) is 4.06. The van der Waals surface area contributed by atoms with Crippen LogP contribution in [0.25, 0.3) is 0 Å². The molecule has 1 aromatic heterocycles. The molecule has 112 valence electrons. The Labute approximate surface area is 123 Å². The first-order valence-corrected chi connectivity index (χ1v) is 7.93. The van der Waals surface area contributed by atoms with Gasteiger partial charge in [-0.2, -0.15) is 0 Å². The van der Waals surface area contributed by atoms with E-state index in [1.54, 1.807) is 0 Å². The molecular formula is C17H29N3. The highest BCUT2D eigenvalue weighted by atomic mass is 15.1. The highest BCUT2D eigenvalue weighted by Crippen LogP contribution is 2.25. The zero-order chi connectivity index (χ0) is 14.6. The summed E-state index contributed by atoms with van der Waals surface area (Å²) in [5, 5.41) is 3.51. The standard InChI is InChI=1S/C17H29N3/c1-5-14-7-6-10-20(13-14)16-8-9-18-15(11-16)12-19-17(2,3)4/h8-9,11,14,19H,5-7,10,12-13H2,1-4H3. The summed E-state index contributed by atoms with van der Waals surface area (Å²) in [6.07, 6.45) is 5.94. The molecule has 0 amide bonds. The van der Waals surface area contributed by atoms with Gasteiger partial charge in [-0.3, -0.25) is 4.98 Å². The van der Waals surface area contributed by atoms with E-state index in [1.807, 2.05) is 6.20 Å². The molecule has 3 nitrogen and oxygen atoms in total. The van der Waals surface area contributed by atoms with Crippen LogP contribution in [0.15, 0.2) is 18.3 Å². The fourth-order valence-corrected chi connectivity index (χ4v) is 2.75. The van der Waals surface area contributed by atoms with Crippen LogP contribution in [0.2, 0.25) is 0 Å². The first-order chi connectivity index (χ1) is 9.48. The van der Waals surface area contributed by atoms with Gasteiger partial charge in [0.25, 0.3) is 0 Å². The van der Waals surface area contributed by atoms with Crippen molar-refractivity contribution in [1.29, 1.82) is 0 Å². The molecule has 0 aliphatic carbocycles. The number of hydrogen-bond acceptors (Lipinski definition) is 3. The molecular weight excluding hydrogens is 246 g/mol. The lowest BCUT2D eigenvalue weighted by Gasteiger charge is -2.34. The van der Waals surface area contributed by atoms with E-state index in [0.717, 1.165) is 18.2 Å². The Balaban J connectivity index is 2.01. The van der Waals surface area contributed by atoms with Crippen molar-refractivity contribution in [3.8, 4) is 0 Å². The summed E-state index contributed by atoms with van der Waals surface area (Å²) >= 11 is 0. The zero-order valence-electron chi connectivity index (χ0n) is 13.4. The average Bonchev–Trinajstić information content (AvgIpc) is 2.45. The Hall–Kier alpha value is -1.09. The van der Waals surface area contributed by atoms with Crippen LogP contribution in [0.4, 0.5) is 5.69 Å². The van der Waals surface area contributed by atoms with Crippen molar-refractivity contribution < 1.29 is 0 Å². The van der Waals surface area contributed by atoms with E-state index in [1.165, 1.54) is 38.0 Å². The second-order valence-corrected chi connectivity index (χ2v) is 6.97. The van der Waals surface area contributed by atoms with Gasteiger partial charge >= 0.3 is 0 Å². The van der Waals surface area contributed by atoms with Crippen LogP contribution in [0.1, 0.15) is 52.7 Å². The summed E-state index contributed by atoms with van der Waals surface area (Å²) < 4.78 is 0. The molecule has 1 aromatic rings. The molecule has 0 spiro atoms. The van der Waals surface area contributed by atoms with E-state index < -0.39 is 0 Å². The fourth-order valence-electron chi connectivity index (χ4n) is 2.75. The summed E-state index contributed by atoms with van der Waals surface area (Å²) in [7, 11) is 0. The van der Waals surface area contributed by atoms with Gasteiger partial charge in [-0.05, 0) is 51.7 Å². The van der Waals surface area contributed by atoms with E-state index in [2.05, 4.69) is 55.0 Å². The van der Waals surface area contributed by atoms with Crippen molar-refractivity contribution in [2.45, 2.75) is 59.0 Å². The van der Waals surface area contributed by atoms with Crippen molar-refractivity contribution in [1.82, 2.24) is 10.3 Å². The number of piperidine rings is 1. The Morgan fingerprint density at radius 3 is 2.90 bits per heavy atom. The van der Waals surface area contributed by atoms with Crippen LogP contribution in [0.3, 0.4) is 0 Å². The lowest BCUT2D eigenvalue weighted by molar-refractivity contribution is 0.404. The molecule has 1 N–H and O–H groups in total. The minimum absolute atomic E-state index is 0.135. The number of anilines is 1. The Kier molecular flexibility index (Phi) is 5.03. The maximum absolute atomic E-state index is 4.49. The second-order valence-electron chi connectivity index (χ2n) is 6.97. The Bertz CT molecular complexity index is 422. The first kappa shape index (κ1) is 15.3. The van der Waals surface area contributed by atoms with Crippen LogP contribution >= 0.6 is 0 Å². The molecule has 2 heterocycles. The largest absolute Gasteiger partial charge is 0.371 e. The van der Waals surface area contributed by atoms with Crippen molar-refractivity contribution in [2.24, 2.45) is 5.92 Å². The van der Waals surface area contributed by atoms with Crippen molar-refractivity contribution in [3.05, 3.63) is 24.0 Å². The smallest absolute Gasteiger partial charge is 0.0562 e. The highest BCUT2D eigenvalue weighted by molar-refractivity contribution is 5.47. The molecule has 0 radical (unpaired) electrons. The maximum Gasteiger partial charge on any atom is 0.0562 e. The van der Waals surface area contributed by atoms with Gasteiger partial charge < -0.3 is 10.2 Å². The van der Waals surface area contributed by atoms with E-state index in [0.29, 0.717) is 0 Å². The maximum atomic E-state index is 4.49. The summed E-state index contributed by atoms with van der Waals surface area (Å²) in [5.74, 6) is 0.855. The van der Waals surface area contributed by atoms with Crippen LogP contribution in [-0.4, -0.2) is 23.6 Å². The van der Waals surface area contributed by atoms with E-state index >= 15 is 0 Å². The SMILES string of the molecule is CCC1CCCN(c2ccnc(CNC(C)(C)C)c2)C1. The van der Waals surface area contributed by atoms with Gasteiger partial charge in [0.2, 0.25) is 0 Å². The Morgan fingerprint density at radius 2 is 2.20 bits per heavy atom. The zero-order valence-corrected chi connectivity index (χ0v) is 13.4. The Morgan fingerprint density at radius 1 is 1.40 bits per heavy atom. The minimum atomic E-state index is 0.135. The summed E-state index contributed by atoms with van der Waals surface area (Å²) in [5.41, 5.74) is 2.61. The molecule has 1 saturated heterocycles. The van der Waals surface area contributed by atoms with E-state index in [4.69, 9.17) is 0 Å². The molecule has 1 aliphatic rings. The van der Waals surface area contributed by atoms with Crippen molar-refractivity contribution in [3.63, 3.8) is 0 Å². The number of hydrogen-bond donors (Lipinski definition) is 1. The van der Waals surface area contributed by atoms with Gasteiger partial charge in [-0.25, -0.2) is 0 Å². The second kappa shape index (κ2) is 6.57. The van der Waals surface area contributed by atoms with Crippen LogP contribution in [0, 0.1) is 5.92 Å². The van der Waals surface area contributed by atoms with E-state index in [9.17, 15) is 0 Å². The predicted octanol–water partition coefficient (Wildman–Crippen LogP) is 3.60. The van der Waals surface area contributed by atoms with Crippen molar-refractivity contribution >= 4 is 5.69 Å². The number of rotatable bonds is 4. The first-order valence-electron chi connectivity index (χ1n) is 7.93. The quantitative estimate of drug-likeness (QED) is 0.910. The van der Waals surface area contributed by atoms with Gasteiger partial charge in [0.1, 0.15) is 0 Å². The predicted molar refractivity (Wildman–Crippen MR) is 86.1 cm³/mol. The third kappa shape index (κ3) is 4.48. The number of nitrogens with zero attached hydrogens (tertiary/aromatic N) is 2. The fraction of sp³-hybridized carbons (Fsp3) is 0.706. The molecule has 0 aromatic carbocycles. The van der Waals surface area contributed by atoms with Gasteiger partial charge in [0, 0.05) is 37.1 Å². The lowest BCUT2D eigenvalue weighted by Crippen LogP contribution is -2.36. The van der Waals surface area contributed by atoms with E-state index in [-0.39, 0.29) is 5.54 Å². The molecule has 1 unspecified atom stereocenters. The monoisotopic (exact) mass is 275 g/mol. The van der Waals surface area contributed by atoms with Gasteiger partial charge in [0.15, 0.2) is 0 Å².